The summed E-state index contributed by atoms with van der Waals surface area (Å²) in [5.41, 5.74) is 1.85. The predicted molar refractivity (Wildman–Crippen MR) is 74.7 cm³/mol. The molecule has 1 aromatic carbocycles. The molecule has 2 unspecified atom stereocenters. The zero-order chi connectivity index (χ0) is 15.0. The predicted octanol–water partition coefficient (Wildman–Crippen LogP) is 1.03. The Hall–Kier alpha value is -2.83. The minimum atomic E-state index is -0.929. The van der Waals surface area contributed by atoms with Gasteiger partial charge in [0.05, 0.1) is 17.5 Å². The Morgan fingerprint density at radius 2 is 1.86 bits per heavy atom. The summed E-state index contributed by atoms with van der Waals surface area (Å²) in [5.74, 6) is -2.20. The summed E-state index contributed by atoms with van der Waals surface area (Å²) in [5, 5.41) is 16.7. The fourth-order valence-corrected chi connectivity index (χ4v) is 2.21. The van der Waals surface area contributed by atoms with Crippen LogP contribution in [0.1, 0.15) is 6.42 Å². The van der Waals surface area contributed by atoms with E-state index < -0.39 is 17.8 Å². The molecule has 1 amide bonds. The lowest BCUT2D eigenvalue weighted by Crippen LogP contribution is -2.16. The van der Waals surface area contributed by atoms with Gasteiger partial charge in [0.15, 0.2) is 0 Å². The number of H-pyrrole nitrogens is 2. The second kappa shape index (κ2) is 4.93. The Labute approximate surface area is 119 Å². The van der Waals surface area contributed by atoms with Gasteiger partial charge in [0, 0.05) is 11.8 Å². The molecule has 1 aromatic heterocycles. The Balaban J connectivity index is 1.66. The van der Waals surface area contributed by atoms with Crippen LogP contribution >= 0.6 is 0 Å². The first kappa shape index (κ1) is 13.2. The molecule has 4 N–H and O–H groups in total. The number of carbonyl (C=O) groups excluding carboxylic acids is 1. The van der Waals surface area contributed by atoms with E-state index in [0.29, 0.717) is 17.8 Å². The first-order valence-corrected chi connectivity index (χ1v) is 6.46. The lowest BCUT2D eigenvalue weighted by Gasteiger charge is -2.05. The van der Waals surface area contributed by atoms with Gasteiger partial charge >= 0.3 is 5.97 Å². The van der Waals surface area contributed by atoms with Crippen molar-refractivity contribution in [2.45, 2.75) is 6.42 Å². The van der Waals surface area contributed by atoms with Crippen molar-refractivity contribution in [1.29, 1.82) is 0 Å². The van der Waals surface area contributed by atoms with Crippen molar-refractivity contribution in [2.75, 3.05) is 5.32 Å². The van der Waals surface area contributed by atoms with Gasteiger partial charge in [0.2, 0.25) is 5.91 Å². The van der Waals surface area contributed by atoms with Crippen molar-refractivity contribution in [1.82, 2.24) is 10.2 Å². The van der Waals surface area contributed by atoms with Crippen molar-refractivity contribution in [3.63, 3.8) is 0 Å². The summed E-state index contributed by atoms with van der Waals surface area (Å²) in [6.07, 6.45) is 0.393. The molecule has 7 heteroatoms. The third-order valence-corrected chi connectivity index (χ3v) is 3.50. The summed E-state index contributed by atoms with van der Waals surface area (Å²) < 4.78 is 0. The van der Waals surface area contributed by atoms with Crippen molar-refractivity contribution < 1.29 is 14.7 Å². The number of hydrogen-bond acceptors (Lipinski definition) is 3. The Bertz CT molecular complexity index is 744. The first-order valence-electron chi connectivity index (χ1n) is 6.46. The molecular weight excluding hydrogens is 274 g/mol. The van der Waals surface area contributed by atoms with Gasteiger partial charge in [-0.1, -0.05) is 12.1 Å². The summed E-state index contributed by atoms with van der Waals surface area (Å²) in [6.45, 7) is 0. The normalized spacial score (nSPS) is 20.0. The number of aliphatic carboxylic acids is 1. The SMILES string of the molecule is O=C(O)C1CC1C(=O)Nc1ccc(-c2cc(=O)[nH][nH]2)cc1. The summed E-state index contributed by atoms with van der Waals surface area (Å²) in [4.78, 5) is 33.6. The van der Waals surface area contributed by atoms with Gasteiger partial charge in [0.25, 0.3) is 5.56 Å². The zero-order valence-electron chi connectivity index (χ0n) is 10.9. The third kappa shape index (κ3) is 2.71. The first-order chi connectivity index (χ1) is 10.0. The van der Waals surface area contributed by atoms with E-state index in [-0.39, 0.29) is 11.5 Å². The standard InChI is InChI=1S/C14H13N3O4/c18-12-6-11(16-17-12)7-1-3-8(4-2-7)15-13(19)9-5-10(9)14(20)21/h1-4,6,9-10H,5H2,(H,15,19)(H,20,21)(H2,16,17,18). The maximum absolute atomic E-state index is 11.8. The highest BCUT2D eigenvalue weighted by Crippen LogP contribution is 2.39. The summed E-state index contributed by atoms with van der Waals surface area (Å²) in [7, 11) is 0. The van der Waals surface area contributed by atoms with Crippen LogP contribution in [0.3, 0.4) is 0 Å². The molecule has 0 spiro atoms. The van der Waals surface area contributed by atoms with Crippen LogP contribution < -0.4 is 10.9 Å². The van der Waals surface area contributed by atoms with Crippen LogP contribution in [-0.4, -0.2) is 27.2 Å². The second-order valence-electron chi connectivity index (χ2n) is 5.03. The number of rotatable bonds is 4. The topological polar surface area (TPSA) is 115 Å². The Kier molecular flexibility index (Phi) is 3.09. The lowest BCUT2D eigenvalue weighted by atomic mass is 10.1. The zero-order valence-corrected chi connectivity index (χ0v) is 10.9. The minimum absolute atomic E-state index is 0.212. The van der Waals surface area contributed by atoms with Crippen molar-refractivity contribution >= 4 is 17.6 Å². The van der Waals surface area contributed by atoms with Gasteiger partial charge in [-0.05, 0) is 24.1 Å². The van der Waals surface area contributed by atoms with Crippen LogP contribution in [0.15, 0.2) is 35.1 Å². The van der Waals surface area contributed by atoms with Gasteiger partial charge in [-0.15, -0.1) is 0 Å². The van der Waals surface area contributed by atoms with Crippen LogP contribution in [0.2, 0.25) is 0 Å². The number of carboxylic acid groups (broad SMARTS) is 1. The average molecular weight is 287 g/mol. The second-order valence-corrected chi connectivity index (χ2v) is 5.03. The molecule has 2 atom stereocenters. The highest BCUT2D eigenvalue weighted by Gasteiger charge is 2.48. The maximum Gasteiger partial charge on any atom is 0.307 e. The van der Waals surface area contributed by atoms with E-state index in [4.69, 9.17) is 5.11 Å². The van der Waals surface area contributed by atoms with E-state index in [2.05, 4.69) is 15.5 Å². The smallest absolute Gasteiger partial charge is 0.307 e. The molecule has 1 heterocycles. The molecule has 21 heavy (non-hydrogen) atoms. The quantitative estimate of drug-likeness (QED) is 0.672. The van der Waals surface area contributed by atoms with E-state index in [1.807, 2.05) is 0 Å². The molecule has 1 aliphatic rings. The van der Waals surface area contributed by atoms with Crippen LogP contribution in [0.5, 0.6) is 0 Å². The van der Waals surface area contributed by atoms with E-state index in [0.717, 1.165) is 5.56 Å². The highest BCUT2D eigenvalue weighted by molar-refractivity contribution is 5.98. The number of amides is 1. The molecule has 3 rings (SSSR count). The third-order valence-electron chi connectivity index (χ3n) is 3.50. The van der Waals surface area contributed by atoms with Crippen molar-refractivity contribution in [3.05, 3.63) is 40.7 Å². The molecule has 0 aliphatic heterocycles. The van der Waals surface area contributed by atoms with E-state index >= 15 is 0 Å². The monoisotopic (exact) mass is 287 g/mol. The molecule has 1 aliphatic carbocycles. The number of nitrogens with one attached hydrogen (secondary N) is 3. The van der Waals surface area contributed by atoms with Crippen LogP contribution in [0.4, 0.5) is 5.69 Å². The van der Waals surface area contributed by atoms with Gasteiger partial charge in [-0.3, -0.25) is 24.6 Å². The minimum Gasteiger partial charge on any atom is -0.481 e. The molecule has 1 fully saturated rings. The number of carboxylic acids is 1. The van der Waals surface area contributed by atoms with E-state index in [9.17, 15) is 14.4 Å². The molecule has 7 nitrogen and oxygen atoms in total. The number of aromatic nitrogens is 2. The van der Waals surface area contributed by atoms with E-state index in [1.54, 1.807) is 24.3 Å². The van der Waals surface area contributed by atoms with Crippen LogP contribution in [-0.2, 0) is 9.59 Å². The molecule has 0 bridgehead atoms. The van der Waals surface area contributed by atoms with Gasteiger partial charge in [-0.2, -0.15) is 0 Å². The fourth-order valence-electron chi connectivity index (χ4n) is 2.21. The average Bonchev–Trinajstić information content (AvgIpc) is 3.16. The molecule has 0 saturated heterocycles. The molecule has 0 radical (unpaired) electrons. The number of anilines is 1. The van der Waals surface area contributed by atoms with Crippen LogP contribution in [0, 0.1) is 11.8 Å². The van der Waals surface area contributed by atoms with Crippen molar-refractivity contribution in [2.24, 2.45) is 11.8 Å². The lowest BCUT2D eigenvalue weighted by molar-refractivity contribution is -0.139. The molecular formula is C14H13N3O4. The number of aromatic amines is 2. The van der Waals surface area contributed by atoms with Gasteiger partial charge < -0.3 is 10.4 Å². The van der Waals surface area contributed by atoms with E-state index in [1.165, 1.54) is 6.07 Å². The summed E-state index contributed by atoms with van der Waals surface area (Å²) >= 11 is 0. The highest BCUT2D eigenvalue weighted by atomic mass is 16.4. The fraction of sp³-hybridized carbons (Fsp3) is 0.214. The van der Waals surface area contributed by atoms with Crippen molar-refractivity contribution in [3.8, 4) is 11.3 Å². The molecule has 1 saturated carbocycles. The summed E-state index contributed by atoms with van der Waals surface area (Å²) in [6, 6.07) is 8.37. The number of hydrogen-bond donors (Lipinski definition) is 4. The number of carbonyl (C=O) groups is 2. The number of benzene rings is 1. The Morgan fingerprint density at radius 1 is 1.14 bits per heavy atom. The molecule has 2 aromatic rings. The van der Waals surface area contributed by atoms with Gasteiger partial charge in [-0.25, -0.2) is 0 Å². The largest absolute Gasteiger partial charge is 0.481 e. The van der Waals surface area contributed by atoms with Crippen LogP contribution in [0.25, 0.3) is 11.3 Å². The maximum atomic E-state index is 11.8. The molecule has 108 valence electrons. The Morgan fingerprint density at radius 3 is 2.38 bits per heavy atom. The van der Waals surface area contributed by atoms with Gasteiger partial charge in [0.1, 0.15) is 0 Å².